The highest BCUT2D eigenvalue weighted by Crippen LogP contribution is 2.18. The molecule has 1 aliphatic heterocycles. The number of rotatable bonds is 7. The first-order chi connectivity index (χ1) is 14.0. The summed E-state index contributed by atoms with van der Waals surface area (Å²) in [5, 5.41) is 1.23. The number of carbonyl (C=O) groups is 1. The Labute approximate surface area is 172 Å². The van der Waals surface area contributed by atoms with Gasteiger partial charge in [0.1, 0.15) is 5.75 Å². The Morgan fingerprint density at radius 2 is 1.66 bits per heavy atom. The van der Waals surface area contributed by atoms with Gasteiger partial charge < -0.3 is 9.64 Å². The summed E-state index contributed by atoms with van der Waals surface area (Å²) in [4.78, 5) is 14.1. The molecule has 1 fully saturated rings. The van der Waals surface area contributed by atoms with Gasteiger partial charge in [0.05, 0.1) is 0 Å². The van der Waals surface area contributed by atoms with Crippen molar-refractivity contribution < 1.29 is 17.9 Å². The third kappa shape index (κ3) is 5.68. The van der Waals surface area contributed by atoms with Crippen molar-refractivity contribution >= 4 is 22.0 Å². The first-order valence-electron chi connectivity index (χ1n) is 9.71. The van der Waals surface area contributed by atoms with E-state index in [9.17, 15) is 13.2 Å². The molecule has 0 aromatic heterocycles. The van der Waals surface area contributed by atoms with Crippen molar-refractivity contribution in [2.75, 3.05) is 32.8 Å². The molecule has 0 N–H and O–H groups in total. The lowest BCUT2D eigenvalue weighted by Gasteiger charge is -2.33. The van der Waals surface area contributed by atoms with Crippen molar-refractivity contribution in [3.8, 4) is 5.75 Å². The molecule has 0 saturated carbocycles. The van der Waals surface area contributed by atoms with Crippen LogP contribution in [0.3, 0.4) is 0 Å². The summed E-state index contributed by atoms with van der Waals surface area (Å²) in [5.74, 6) is 0.586. The molecule has 2 aromatic carbocycles. The molecule has 7 heteroatoms. The Balaban J connectivity index is 1.51. The first-order valence-corrected chi connectivity index (χ1v) is 11.2. The molecule has 29 heavy (non-hydrogen) atoms. The molecule has 1 heterocycles. The van der Waals surface area contributed by atoms with Crippen LogP contribution in [0, 0.1) is 0 Å². The summed E-state index contributed by atoms with van der Waals surface area (Å²) >= 11 is 0. The van der Waals surface area contributed by atoms with Crippen molar-refractivity contribution in [2.45, 2.75) is 13.3 Å². The zero-order valence-electron chi connectivity index (χ0n) is 16.5. The maximum atomic E-state index is 12.5. The number of amides is 1. The highest BCUT2D eigenvalue weighted by Gasteiger charge is 2.27. The number of hydrogen-bond acceptors (Lipinski definition) is 4. The van der Waals surface area contributed by atoms with E-state index in [4.69, 9.17) is 4.74 Å². The molecule has 0 bridgehead atoms. The van der Waals surface area contributed by atoms with Crippen LogP contribution in [0.25, 0.3) is 6.08 Å². The van der Waals surface area contributed by atoms with E-state index >= 15 is 0 Å². The Morgan fingerprint density at radius 3 is 2.34 bits per heavy atom. The lowest BCUT2D eigenvalue weighted by atomic mass is 10.1. The molecule has 0 aliphatic carbocycles. The number of sulfonamides is 1. The molecular weight excluding hydrogens is 388 g/mol. The molecule has 0 atom stereocenters. The summed E-state index contributed by atoms with van der Waals surface area (Å²) in [6.07, 6.45) is 2.42. The summed E-state index contributed by atoms with van der Waals surface area (Å²) in [5.41, 5.74) is 1.89. The van der Waals surface area contributed by atoms with Crippen molar-refractivity contribution in [3.63, 3.8) is 0 Å². The Morgan fingerprint density at radius 1 is 1.00 bits per heavy atom. The maximum Gasteiger partial charge on any atom is 0.260 e. The molecular formula is C22H26N2O4S. The van der Waals surface area contributed by atoms with Gasteiger partial charge in [0.15, 0.2) is 6.61 Å². The number of carbonyl (C=O) groups excluding carboxylic acids is 1. The minimum atomic E-state index is -3.51. The van der Waals surface area contributed by atoms with E-state index < -0.39 is 10.0 Å². The molecule has 0 radical (unpaired) electrons. The van der Waals surface area contributed by atoms with Gasteiger partial charge in [0.25, 0.3) is 5.91 Å². The van der Waals surface area contributed by atoms with Crippen LogP contribution in [0.4, 0.5) is 0 Å². The average molecular weight is 415 g/mol. The minimum Gasteiger partial charge on any atom is -0.483 e. The van der Waals surface area contributed by atoms with Gasteiger partial charge in [-0.25, -0.2) is 8.42 Å². The van der Waals surface area contributed by atoms with Crippen molar-refractivity contribution in [2.24, 2.45) is 0 Å². The van der Waals surface area contributed by atoms with E-state index in [2.05, 4.69) is 0 Å². The van der Waals surface area contributed by atoms with Gasteiger partial charge in [0, 0.05) is 31.6 Å². The van der Waals surface area contributed by atoms with Gasteiger partial charge in [-0.3, -0.25) is 4.79 Å². The molecule has 1 aliphatic rings. The molecule has 3 rings (SSSR count). The van der Waals surface area contributed by atoms with Crippen molar-refractivity contribution in [1.29, 1.82) is 0 Å². The summed E-state index contributed by atoms with van der Waals surface area (Å²) < 4.78 is 32.2. The zero-order chi connectivity index (χ0) is 20.7. The normalized spacial score (nSPS) is 15.6. The van der Waals surface area contributed by atoms with E-state index in [1.54, 1.807) is 11.0 Å². The van der Waals surface area contributed by atoms with Gasteiger partial charge in [-0.15, -0.1) is 0 Å². The third-order valence-corrected chi connectivity index (χ3v) is 6.45. The number of nitrogens with zero attached hydrogens (tertiary/aromatic N) is 2. The molecule has 2 aromatic rings. The van der Waals surface area contributed by atoms with Gasteiger partial charge in [-0.2, -0.15) is 4.31 Å². The smallest absolute Gasteiger partial charge is 0.260 e. The highest BCUT2D eigenvalue weighted by atomic mass is 32.2. The summed E-state index contributed by atoms with van der Waals surface area (Å²) in [6, 6.07) is 17.0. The van der Waals surface area contributed by atoms with Crippen molar-refractivity contribution in [1.82, 2.24) is 9.21 Å². The van der Waals surface area contributed by atoms with Gasteiger partial charge >= 0.3 is 0 Å². The van der Waals surface area contributed by atoms with E-state index in [1.807, 2.05) is 61.5 Å². The summed E-state index contributed by atoms with van der Waals surface area (Å²) in [7, 11) is -3.51. The van der Waals surface area contributed by atoms with Crippen LogP contribution >= 0.6 is 0 Å². The van der Waals surface area contributed by atoms with E-state index in [-0.39, 0.29) is 25.6 Å². The standard InChI is InChI=1S/C22H26N2O4S/c1-2-20-10-6-7-11-21(20)28-18-22(25)23-13-15-24(16-14-23)29(26,27)17-12-19-8-4-3-5-9-19/h3-12,17H,2,13-16,18H2,1H3. The largest absolute Gasteiger partial charge is 0.483 e. The van der Waals surface area contributed by atoms with Gasteiger partial charge in [0.2, 0.25) is 10.0 Å². The minimum absolute atomic E-state index is 0.0440. The topological polar surface area (TPSA) is 66.9 Å². The quantitative estimate of drug-likeness (QED) is 0.699. The molecule has 1 amide bonds. The zero-order valence-corrected chi connectivity index (χ0v) is 17.3. The number of benzene rings is 2. The number of hydrogen-bond donors (Lipinski definition) is 0. The van der Waals surface area contributed by atoms with E-state index in [1.165, 1.54) is 9.71 Å². The molecule has 154 valence electrons. The van der Waals surface area contributed by atoms with Crippen LogP contribution in [0.5, 0.6) is 5.75 Å². The van der Waals surface area contributed by atoms with Gasteiger partial charge in [-0.05, 0) is 29.7 Å². The Hall–Kier alpha value is -2.64. The fraction of sp³-hybridized carbons (Fsp3) is 0.318. The number of aryl methyl sites for hydroxylation is 1. The van der Waals surface area contributed by atoms with Crippen LogP contribution in [0.1, 0.15) is 18.1 Å². The first kappa shape index (κ1) is 21.1. The third-order valence-electron chi connectivity index (χ3n) is 4.89. The van der Waals surface area contributed by atoms with Crippen LogP contribution in [-0.2, 0) is 21.2 Å². The van der Waals surface area contributed by atoms with E-state index in [0.29, 0.717) is 13.1 Å². The van der Waals surface area contributed by atoms with Crippen LogP contribution in [0.2, 0.25) is 0 Å². The predicted octanol–water partition coefficient (Wildman–Crippen LogP) is 2.77. The summed E-state index contributed by atoms with van der Waals surface area (Å²) in [6.45, 7) is 3.26. The van der Waals surface area contributed by atoms with Gasteiger partial charge in [-0.1, -0.05) is 55.5 Å². The Bertz CT molecular complexity index is 950. The number of piperazine rings is 1. The molecule has 1 saturated heterocycles. The van der Waals surface area contributed by atoms with Crippen LogP contribution in [-0.4, -0.2) is 56.3 Å². The average Bonchev–Trinajstić information content (AvgIpc) is 2.77. The maximum absolute atomic E-state index is 12.5. The lowest BCUT2D eigenvalue weighted by Crippen LogP contribution is -2.51. The second-order valence-corrected chi connectivity index (χ2v) is 8.61. The molecule has 0 unspecified atom stereocenters. The number of ether oxygens (including phenoxy) is 1. The highest BCUT2D eigenvalue weighted by molar-refractivity contribution is 7.92. The lowest BCUT2D eigenvalue weighted by molar-refractivity contribution is -0.134. The monoisotopic (exact) mass is 414 g/mol. The molecule has 6 nitrogen and oxygen atoms in total. The van der Waals surface area contributed by atoms with E-state index in [0.717, 1.165) is 23.3 Å². The van der Waals surface area contributed by atoms with Crippen LogP contribution in [0.15, 0.2) is 60.0 Å². The SMILES string of the molecule is CCc1ccccc1OCC(=O)N1CCN(S(=O)(=O)C=Cc2ccccc2)CC1. The second-order valence-electron chi connectivity index (χ2n) is 6.79. The fourth-order valence-corrected chi connectivity index (χ4v) is 4.35. The predicted molar refractivity (Wildman–Crippen MR) is 114 cm³/mol. The number of para-hydroxylation sites is 1. The Kier molecular flexibility index (Phi) is 7.06. The second kappa shape index (κ2) is 9.71. The van der Waals surface area contributed by atoms with Crippen molar-refractivity contribution in [3.05, 3.63) is 71.1 Å². The molecule has 0 spiro atoms. The fourth-order valence-electron chi connectivity index (χ4n) is 3.17. The van der Waals surface area contributed by atoms with Crippen LogP contribution < -0.4 is 4.74 Å².